The lowest BCUT2D eigenvalue weighted by Gasteiger charge is -2.15. The molecule has 0 aliphatic carbocycles. The van der Waals surface area contributed by atoms with Gasteiger partial charge in [-0.2, -0.15) is 20.0 Å². The first-order chi connectivity index (χ1) is 12.7. The SMILES string of the molecule is Cc1ccc(Cn2nc(C)c(/C=N/n3c(C(C)(C)C)n[nH]c3=S)c2C)cc1. The molecule has 0 saturated heterocycles. The number of nitrogens with zero attached hydrogens (tertiary/aromatic N) is 5. The lowest BCUT2D eigenvalue weighted by atomic mass is 9.96. The van der Waals surface area contributed by atoms with Gasteiger partial charge in [-0.3, -0.25) is 9.78 Å². The van der Waals surface area contributed by atoms with Crippen LogP contribution in [0.15, 0.2) is 29.4 Å². The van der Waals surface area contributed by atoms with Crippen molar-refractivity contribution < 1.29 is 0 Å². The smallest absolute Gasteiger partial charge is 0.216 e. The van der Waals surface area contributed by atoms with Crippen molar-refractivity contribution in [3.8, 4) is 0 Å². The van der Waals surface area contributed by atoms with E-state index in [0.29, 0.717) is 4.77 Å². The van der Waals surface area contributed by atoms with E-state index < -0.39 is 0 Å². The lowest BCUT2D eigenvalue weighted by Crippen LogP contribution is -2.17. The largest absolute Gasteiger partial charge is 0.265 e. The fourth-order valence-electron chi connectivity index (χ4n) is 2.92. The van der Waals surface area contributed by atoms with E-state index in [1.54, 1.807) is 4.68 Å². The van der Waals surface area contributed by atoms with E-state index in [1.165, 1.54) is 11.1 Å². The number of aromatic amines is 1. The van der Waals surface area contributed by atoms with Gasteiger partial charge in [-0.15, -0.1) is 0 Å². The molecule has 0 aliphatic rings. The van der Waals surface area contributed by atoms with Crippen LogP contribution in [0.5, 0.6) is 0 Å². The highest BCUT2D eigenvalue weighted by atomic mass is 32.1. The van der Waals surface area contributed by atoms with Gasteiger partial charge in [0.15, 0.2) is 5.82 Å². The van der Waals surface area contributed by atoms with Gasteiger partial charge in [-0.1, -0.05) is 50.6 Å². The van der Waals surface area contributed by atoms with E-state index in [1.807, 2.05) is 17.8 Å². The van der Waals surface area contributed by atoms with Gasteiger partial charge in [0.25, 0.3) is 0 Å². The van der Waals surface area contributed by atoms with E-state index in [4.69, 9.17) is 12.2 Å². The molecular formula is C20H26N6S. The van der Waals surface area contributed by atoms with E-state index in [0.717, 1.165) is 29.3 Å². The molecule has 0 aliphatic heterocycles. The second-order valence-corrected chi connectivity index (χ2v) is 8.27. The molecule has 0 saturated carbocycles. The molecule has 2 heterocycles. The lowest BCUT2D eigenvalue weighted by molar-refractivity contribution is 0.516. The van der Waals surface area contributed by atoms with E-state index in [2.05, 4.69) is 79.3 Å². The van der Waals surface area contributed by atoms with Crippen LogP contribution in [0, 0.1) is 25.5 Å². The number of H-pyrrole nitrogens is 1. The third-order valence-corrected chi connectivity index (χ3v) is 4.78. The molecule has 0 spiro atoms. The topological polar surface area (TPSA) is 63.8 Å². The molecule has 2 aromatic heterocycles. The average Bonchev–Trinajstić information content (AvgIpc) is 3.08. The van der Waals surface area contributed by atoms with Gasteiger partial charge in [-0.25, -0.2) is 0 Å². The summed E-state index contributed by atoms with van der Waals surface area (Å²) in [7, 11) is 0. The molecule has 0 amide bonds. The molecule has 3 rings (SSSR count). The summed E-state index contributed by atoms with van der Waals surface area (Å²) in [5, 5.41) is 16.4. The van der Waals surface area contributed by atoms with Crippen LogP contribution < -0.4 is 0 Å². The van der Waals surface area contributed by atoms with Crippen molar-refractivity contribution in [3.63, 3.8) is 0 Å². The second-order valence-electron chi connectivity index (χ2n) is 7.89. The zero-order valence-corrected chi connectivity index (χ0v) is 17.6. The normalized spacial score (nSPS) is 12.2. The van der Waals surface area contributed by atoms with E-state index >= 15 is 0 Å². The highest BCUT2D eigenvalue weighted by Gasteiger charge is 2.21. The van der Waals surface area contributed by atoms with Crippen LogP contribution in [-0.2, 0) is 12.0 Å². The van der Waals surface area contributed by atoms with Gasteiger partial charge in [0.05, 0.1) is 18.5 Å². The molecule has 142 valence electrons. The second kappa shape index (κ2) is 7.23. The molecule has 0 bridgehead atoms. The first-order valence-electron chi connectivity index (χ1n) is 8.98. The number of hydrogen-bond donors (Lipinski definition) is 1. The zero-order valence-electron chi connectivity index (χ0n) is 16.7. The van der Waals surface area contributed by atoms with Crippen LogP contribution in [0.25, 0.3) is 0 Å². The van der Waals surface area contributed by atoms with Crippen molar-refractivity contribution in [2.75, 3.05) is 0 Å². The average molecular weight is 383 g/mol. The van der Waals surface area contributed by atoms with Gasteiger partial charge in [0, 0.05) is 16.7 Å². The highest BCUT2D eigenvalue weighted by molar-refractivity contribution is 7.71. The quantitative estimate of drug-likeness (QED) is 0.541. The maximum absolute atomic E-state index is 5.34. The Morgan fingerprint density at radius 1 is 1.15 bits per heavy atom. The van der Waals surface area contributed by atoms with Crippen LogP contribution in [0.1, 0.15) is 54.7 Å². The fraction of sp³-hybridized carbons (Fsp3) is 0.400. The predicted octanol–water partition coefficient (Wildman–Crippen LogP) is 4.29. The molecule has 27 heavy (non-hydrogen) atoms. The molecule has 6 nitrogen and oxygen atoms in total. The van der Waals surface area contributed by atoms with Gasteiger partial charge in [-0.05, 0) is 38.6 Å². The molecule has 7 heteroatoms. The summed E-state index contributed by atoms with van der Waals surface area (Å²) in [6.07, 6.45) is 1.82. The summed E-state index contributed by atoms with van der Waals surface area (Å²) in [5.41, 5.74) is 5.34. The number of benzene rings is 1. The molecular weight excluding hydrogens is 356 g/mol. The minimum Gasteiger partial charge on any atom is -0.265 e. The van der Waals surface area contributed by atoms with E-state index in [-0.39, 0.29) is 5.41 Å². The van der Waals surface area contributed by atoms with Crippen molar-refractivity contribution >= 4 is 18.4 Å². The van der Waals surface area contributed by atoms with Crippen LogP contribution in [0.4, 0.5) is 0 Å². The Kier molecular flexibility index (Phi) is 5.15. The number of nitrogens with one attached hydrogen (secondary N) is 1. The minimum absolute atomic E-state index is 0.162. The van der Waals surface area contributed by atoms with Crippen LogP contribution in [0.2, 0.25) is 0 Å². The Labute approximate surface area is 164 Å². The predicted molar refractivity (Wildman–Crippen MR) is 111 cm³/mol. The number of aryl methyl sites for hydroxylation is 2. The third-order valence-electron chi connectivity index (χ3n) is 4.51. The third kappa shape index (κ3) is 4.08. The van der Waals surface area contributed by atoms with E-state index in [9.17, 15) is 0 Å². The van der Waals surface area contributed by atoms with Crippen molar-refractivity contribution in [1.82, 2.24) is 24.7 Å². The Morgan fingerprint density at radius 2 is 1.81 bits per heavy atom. The molecule has 3 aromatic rings. The summed E-state index contributed by atoms with van der Waals surface area (Å²) in [5.74, 6) is 0.797. The summed E-state index contributed by atoms with van der Waals surface area (Å²) >= 11 is 5.34. The van der Waals surface area contributed by atoms with Gasteiger partial charge >= 0.3 is 0 Å². The summed E-state index contributed by atoms with van der Waals surface area (Å²) in [6, 6.07) is 8.52. The first-order valence-corrected chi connectivity index (χ1v) is 9.39. The number of aromatic nitrogens is 5. The van der Waals surface area contributed by atoms with Crippen LogP contribution in [0.3, 0.4) is 0 Å². The molecule has 0 radical (unpaired) electrons. The number of hydrogen-bond acceptors (Lipinski definition) is 4. The van der Waals surface area contributed by atoms with Crippen LogP contribution >= 0.6 is 12.2 Å². The molecule has 0 fully saturated rings. The van der Waals surface area contributed by atoms with Crippen molar-refractivity contribution in [2.45, 2.75) is 53.5 Å². The maximum atomic E-state index is 5.34. The first kappa shape index (κ1) is 19.2. The molecule has 0 atom stereocenters. The molecule has 0 unspecified atom stereocenters. The van der Waals surface area contributed by atoms with Crippen molar-refractivity contribution in [1.29, 1.82) is 0 Å². The minimum atomic E-state index is -0.162. The summed E-state index contributed by atoms with van der Waals surface area (Å²) < 4.78 is 4.19. The van der Waals surface area contributed by atoms with Crippen molar-refractivity contribution in [2.24, 2.45) is 5.10 Å². The maximum Gasteiger partial charge on any atom is 0.216 e. The van der Waals surface area contributed by atoms with Gasteiger partial charge in [0.1, 0.15) is 0 Å². The zero-order chi connectivity index (χ0) is 19.8. The summed E-state index contributed by atoms with van der Waals surface area (Å²) in [6.45, 7) is 13.1. The van der Waals surface area contributed by atoms with Gasteiger partial charge in [0.2, 0.25) is 4.77 Å². The Balaban J connectivity index is 1.92. The number of rotatable bonds is 4. The monoisotopic (exact) mass is 382 g/mol. The Bertz CT molecular complexity index is 1030. The van der Waals surface area contributed by atoms with Gasteiger partial charge < -0.3 is 0 Å². The molecule has 1 N–H and O–H groups in total. The Morgan fingerprint density at radius 3 is 2.44 bits per heavy atom. The standard InChI is InChI=1S/C20H26N6S/c1-13-7-9-16(10-8-13)12-25-15(3)17(14(2)24-25)11-21-26-18(20(4,5)6)22-23-19(26)27/h7-11H,12H2,1-6H3,(H,23,27)/b21-11+. The van der Waals surface area contributed by atoms with Crippen LogP contribution in [-0.4, -0.2) is 30.9 Å². The fourth-order valence-corrected chi connectivity index (χ4v) is 3.10. The molecule has 1 aromatic carbocycles. The summed E-state index contributed by atoms with van der Waals surface area (Å²) in [4.78, 5) is 0. The Hall–Kier alpha value is -2.54. The van der Waals surface area contributed by atoms with Crippen molar-refractivity contribution in [3.05, 3.63) is 62.9 Å². The highest BCUT2D eigenvalue weighted by Crippen LogP contribution is 2.20.